The Morgan fingerprint density at radius 3 is 2.48 bits per heavy atom. The normalized spacial score (nSPS) is 11.3. The van der Waals surface area contributed by atoms with Crippen LogP contribution in [0.25, 0.3) is 0 Å². The fourth-order valence-electron chi connectivity index (χ4n) is 2.06. The zero-order valence-electron chi connectivity index (χ0n) is 11.1. The predicted molar refractivity (Wildman–Crippen MR) is 85.1 cm³/mol. The minimum atomic E-state index is -3.44. The molecule has 3 nitrogen and oxygen atoms in total. The van der Waals surface area contributed by atoms with E-state index in [2.05, 4.69) is 0 Å². The number of hydrogen-bond acceptors (Lipinski definition) is 3. The van der Waals surface area contributed by atoms with Gasteiger partial charge in [-0.05, 0) is 23.3 Å². The van der Waals surface area contributed by atoms with Crippen LogP contribution >= 0.6 is 12.2 Å². The van der Waals surface area contributed by atoms with E-state index < -0.39 is 15.7 Å². The second kappa shape index (κ2) is 6.32. The van der Waals surface area contributed by atoms with Crippen molar-refractivity contribution in [2.24, 2.45) is 5.73 Å². The first-order chi connectivity index (χ1) is 9.87. The van der Waals surface area contributed by atoms with Crippen molar-refractivity contribution in [2.75, 3.05) is 0 Å². The van der Waals surface area contributed by atoms with Crippen LogP contribution in [0.4, 0.5) is 4.39 Å². The largest absolute Gasteiger partial charge is 0.389 e. The summed E-state index contributed by atoms with van der Waals surface area (Å²) in [5, 5.41) is 0. The van der Waals surface area contributed by atoms with Gasteiger partial charge in [-0.25, -0.2) is 12.8 Å². The Labute approximate surface area is 128 Å². The fourth-order valence-corrected chi connectivity index (χ4v) is 3.77. The van der Waals surface area contributed by atoms with Crippen LogP contribution in [0.3, 0.4) is 0 Å². The monoisotopic (exact) mass is 323 g/mol. The van der Waals surface area contributed by atoms with Crippen LogP contribution in [-0.2, 0) is 21.3 Å². The van der Waals surface area contributed by atoms with Crippen molar-refractivity contribution in [3.05, 3.63) is 71.0 Å². The molecule has 21 heavy (non-hydrogen) atoms. The molecule has 0 heterocycles. The lowest BCUT2D eigenvalue weighted by Gasteiger charge is -2.09. The molecule has 110 valence electrons. The van der Waals surface area contributed by atoms with Gasteiger partial charge in [0, 0.05) is 5.56 Å². The van der Waals surface area contributed by atoms with Crippen molar-refractivity contribution in [2.45, 2.75) is 11.5 Å². The molecule has 0 saturated heterocycles. The number of rotatable bonds is 5. The van der Waals surface area contributed by atoms with Gasteiger partial charge in [-0.3, -0.25) is 0 Å². The fraction of sp³-hybridized carbons (Fsp3) is 0.133. The Morgan fingerprint density at radius 2 is 1.81 bits per heavy atom. The van der Waals surface area contributed by atoms with Crippen LogP contribution in [0.15, 0.2) is 48.5 Å². The van der Waals surface area contributed by atoms with Crippen molar-refractivity contribution in [3.8, 4) is 0 Å². The smallest absolute Gasteiger partial charge is 0.158 e. The minimum absolute atomic E-state index is 0.159. The molecule has 0 amide bonds. The second-order valence-corrected chi connectivity index (χ2v) is 7.19. The van der Waals surface area contributed by atoms with Crippen LogP contribution in [0.5, 0.6) is 0 Å². The molecular formula is C15H14FNO2S2. The molecular weight excluding hydrogens is 309 g/mol. The topological polar surface area (TPSA) is 60.2 Å². The summed E-state index contributed by atoms with van der Waals surface area (Å²) < 4.78 is 37.6. The highest BCUT2D eigenvalue weighted by Gasteiger charge is 2.16. The number of nitrogens with two attached hydrogens (primary N) is 1. The highest BCUT2D eigenvalue weighted by atomic mass is 32.2. The standard InChI is InChI=1S/C15H14FNO2S2/c16-13-6-3-4-11(8-13)9-21(18,19)10-12-5-1-2-7-14(12)15(17)20/h1-8H,9-10H2,(H2,17,20). The second-order valence-electron chi connectivity index (χ2n) is 4.68. The molecule has 0 aromatic heterocycles. The summed E-state index contributed by atoms with van der Waals surface area (Å²) in [4.78, 5) is 0.159. The molecule has 0 aliphatic rings. The Hall–Kier alpha value is -1.79. The van der Waals surface area contributed by atoms with Gasteiger partial charge >= 0.3 is 0 Å². The zero-order chi connectivity index (χ0) is 15.5. The van der Waals surface area contributed by atoms with Crippen LogP contribution in [0.2, 0.25) is 0 Å². The van der Waals surface area contributed by atoms with E-state index >= 15 is 0 Å². The number of sulfone groups is 1. The quantitative estimate of drug-likeness (QED) is 0.859. The Bertz CT molecular complexity index is 773. The number of halogens is 1. The molecule has 2 aromatic rings. The molecule has 0 bridgehead atoms. The lowest BCUT2D eigenvalue weighted by Crippen LogP contribution is -2.15. The third-order valence-electron chi connectivity index (χ3n) is 2.93. The van der Waals surface area contributed by atoms with Crippen LogP contribution in [0.1, 0.15) is 16.7 Å². The van der Waals surface area contributed by atoms with Crippen LogP contribution in [-0.4, -0.2) is 13.4 Å². The average Bonchev–Trinajstić information content (AvgIpc) is 2.37. The van der Waals surface area contributed by atoms with E-state index in [9.17, 15) is 12.8 Å². The maximum atomic E-state index is 13.1. The van der Waals surface area contributed by atoms with E-state index in [0.29, 0.717) is 16.7 Å². The van der Waals surface area contributed by atoms with Crippen molar-refractivity contribution < 1.29 is 12.8 Å². The minimum Gasteiger partial charge on any atom is -0.389 e. The summed E-state index contributed by atoms with van der Waals surface area (Å²) in [6, 6.07) is 12.4. The van der Waals surface area contributed by atoms with E-state index in [1.165, 1.54) is 18.2 Å². The third-order valence-corrected chi connectivity index (χ3v) is 4.68. The summed E-state index contributed by atoms with van der Waals surface area (Å²) in [5.74, 6) is -0.862. The molecule has 2 N–H and O–H groups in total. The Morgan fingerprint density at radius 1 is 1.10 bits per heavy atom. The van der Waals surface area contributed by atoms with Crippen molar-refractivity contribution in [1.82, 2.24) is 0 Å². The van der Waals surface area contributed by atoms with E-state index in [4.69, 9.17) is 18.0 Å². The summed E-state index contributed by atoms with van der Waals surface area (Å²) in [6.45, 7) is 0. The summed E-state index contributed by atoms with van der Waals surface area (Å²) in [6.07, 6.45) is 0. The molecule has 6 heteroatoms. The SMILES string of the molecule is NC(=S)c1ccccc1CS(=O)(=O)Cc1cccc(F)c1. The molecule has 0 spiro atoms. The first-order valence-electron chi connectivity index (χ1n) is 6.20. The van der Waals surface area contributed by atoms with Crippen LogP contribution in [0, 0.1) is 5.82 Å². The lowest BCUT2D eigenvalue weighted by molar-refractivity contribution is 0.594. The summed E-state index contributed by atoms with van der Waals surface area (Å²) in [5.41, 5.74) is 7.12. The highest BCUT2D eigenvalue weighted by Crippen LogP contribution is 2.16. The lowest BCUT2D eigenvalue weighted by atomic mass is 10.1. The van der Waals surface area contributed by atoms with Gasteiger partial charge in [-0.1, -0.05) is 48.6 Å². The van der Waals surface area contributed by atoms with Crippen molar-refractivity contribution in [3.63, 3.8) is 0 Å². The van der Waals surface area contributed by atoms with E-state index in [0.717, 1.165) is 0 Å². The molecule has 0 atom stereocenters. The summed E-state index contributed by atoms with van der Waals surface area (Å²) >= 11 is 4.92. The molecule has 2 aromatic carbocycles. The van der Waals surface area contributed by atoms with Crippen molar-refractivity contribution >= 4 is 27.0 Å². The Kier molecular flexibility index (Phi) is 4.69. The highest BCUT2D eigenvalue weighted by molar-refractivity contribution is 7.89. The molecule has 0 aliphatic carbocycles. The van der Waals surface area contributed by atoms with E-state index in [1.54, 1.807) is 30.3 Å². The predicted octanol–water partition coefficient (Wildman–Crippen LogP) is 2.57. The van der Waals surface area contributed by atoms with Gasteiger partial charge < -0.3 is 5.73 Å². The van der Waals surface area contributed by atoms with E-state index in [-0.39, 0.29) is 16.5 Å². The number of benzene rings is 2. The van der Waals surface area contributed by atoms with Gasteiger partial charge in [0.05, 0.1) is 11.5 Å². The molecule has 0 fully saturated rings. The summed E-state index contributed by atoms with van der Waals surface area (Å²) in [7, 11) is -3.44. The molecule has 0 radical (unpaired) electrons. The zero-order valence-corrected chi connectivity index (χ0v) is 12.8. The molecule has 0 saturated carbocycles. The maximum absolute atomic E-state index is 13.1. The molecule has 2 rings (SSSR count). The van der Waals surface area contributed by atoms with Crippen LogP contribution < -0.4 is 5.73 Å². The molecule has 0 aliphatic heterocycles. The van der Waals surface area contributed by atoms with E-state index in [1.807, 2.05) is 0 Å². The molecule has 0 unspecified atom stereocenters. The number of thiocarbonyl (C=S) groups is 1. The average molecular weight is 323 g/mol. The van der Waals surface area contributed by atoms with Gasteiger partial charge in [0.1, 0.15) is 10.8 Å². The van der Waals surface area contributed by atoms with Gasteiger partial charge in [-0.2, -0.15) is 0 Å². The van der Waals surface area contributed by atoms with Gasteiger partial charge in [0.25, 0.3) is 0 Å². The number of hydrogen-bond donors (Lipinski definition) is 1. The van der Waals surface area contributed by atoms with Gasteiger partial charge in [0.15, 0.2) is 9.84 Å². The Balaban J connectivity index is 2.24. The maximum Gasteiger partial charge on any atom is 0.158 e. The van der Waals surface area contributed by atoms with Gasteiger partial charge in [-0.15, -0.1) is 0 Å². The first-order valence-corrected chi connectivity index (χ1v) is 8.43. The first kappa shape index (κ1) is 15.6. The third kappa shape index (κ3) is 4.34. The van der Waals surface area contributed by atoms with Crippen molar-refractivity contribution in [1.29, 1.82) is 0 Å². The van der Waals surface area contributed by atoms with Gasteiger partial charge in [0.2, 0.25) is 0 Å².